The van der Waals surface area contributed by atoms with E-state index in [1.165, 1.54) is 5.56 Å². The molecule has 1 aromatic rings. The largest absolute Gasteiger partial charge is 0.377 e. The fourth-order valence-electron chi connectivity index (χ4n) is 2.12. The number of nitrogens with two attached hydrogens (primary N) is 1. The second kappa shape index (κ2) is 4.80. The number of ether oxygens (including phenoxy) is 1. The minimum atomic E-state index is 0.369. The summed E-state index contributed by atoms with van der Waals surface area (Å²) in [6.45, 7) is 7.20. The Labute approximate surface area is 96.4 Å². The topological polar surface area (TPSA) is 51.4 Å². The normalized spacial score (nSPS) is 21.2. The van der Waals surface area contributed by atoms with Gasteiger partial charge in [-0.2, -0.15) is 0 Å². The van der Waals surface area contributed by atoms with Gasteiger partial charge in [0.05, 0.1) is 19.3 Å². The Morgan fingerprint density at radius 2 is 2.44 bits per heavy atom. The van der Waals surface area contributed by atoms with Gasteiger partial charge in [-0.1, -0.05) is 0 Å². The summed E-state index contributed by atoms with van der Waals surface area (Å²) in [6.07, 6.45) is 1.85. The van der Waals surface area contributed by atoms with Gasteiger partial charge in [0.1, 0.15) is 5.82 Å². The summed E-state index contributed by atoms with van der Waals surface area (Å²) in [5.74, 6) is 1.03. The number of rotatable bonds is 2. The van der Waals surface area contributed by atoms with E-state index >= 15 is 0 Å². The molecule has 0 bridgehead atoms. The van der Waals surface area contributed by atoms with Crippen LogP contribution >= 0.6 is 0 Å². The van der Waals surface area contributed by atoms with E-state index in [1.807, 2.05) is 12.3 Å². The second-order valence-corrected chi connectivity index (χ2v) is 4.25. The maximum absolute atomic E-state index is 5.81. The third-order valence-corrected chi connectivity index (χ3v) is 3.11. The van der Waals surface area contributed by atoms with E-state index in [1.54, 1.807) is 0 Å². The molecule has 16 heavy (non-hydrogen) atoms. The molecule has 1 unspecified atom stereocenters. The molecule has 4 heteroatoms. The first-order valence-electron chi connectivity index (χ1n) is 5.73. The van der Waals surface area contributed by atoms with Gasteiger partial charge in [0, 0.05) is 24.8 Å². The van der Waals surface area contributed by atoms with Crippen LogP contribution < -0.4 is 10.6 Å². The van der Waals surface area contributed by atoms with Gasteiger partial charge < -0.3 is 15.4 Å². The third kappa shape index (κ3) is 2.03. The van der Waals surface area contributed by atoms with Crippen molar-refractivity contribution in [1.29, 1.82) is 0 Å². The lowest BCUT2D eigenvalue weighted by molar-refractivity contribution is 0.0984. The number of morpholine rings is 1. The third-order valence-electron chi connectivity index (χ3n) is 3.11. The molecule has 1 atom stereocenters. The molecule has 2 rings (SSSR count). The molecule has 0 spiro atoms. The van der Waals surface area contributed by atoms with E-state index in [2.05, 4.69) is 23.7 Å². The van der Waals surface area contributed by atoms with Gasteiger partial charge in [-0.05, 0) is 25.5 Å². The van der Waals surface area contributed by atoms with Crippen LogP contribution in [-0.4, -0.2) is 30.8 Å². The summed E-state index contributed by atoms with van der Waals surface area (Å²) in [4.78, 5) is 6.77. The van der Waals surface area contributed by atoms with Crippen molar-refractivity contribution < 1.29 is 4.74 Å². The number of nitrogens with zero attached hydrogens (tertiary/aromatic N) is 2. The van der Waals surface area contributed by atoms with Crippen molar-refractivity contribution in [3.63, 3.8) is 0 Å². The molecule has 1 saturated heterocycles. The molecule has 1 aliphatic rings. The van der Waals surface area contributed by atoms with Crippen LogP contribution in [0.5, 0.6) is 0 Å². The van der Waals surface area contributed by atoms with E-state index in [0.717, 1.165) is 31.1 Å². The first kappa shape index (κ1) is 11.4. The van der Waals surface area contributed by atoms with Crippen molar-refractivity contribution in [3.05, 3.63) is 23.4 Å². The lowest BCUT2D eigenvalue weighted by Gasteiger charge is -2.35. The van der Waals surface area contributed by atoms with Crippen LogP contribution in [0.3, 0.4) is 0 Å². The predicted molar refractivity (Wildman–Crippen MR) is 64.5 cm³/mol. The van der Waals surface area contributed by atoms with Crippen LogP contribution in [0.25, 0.3) is 0 Å². The van der Waals surface area contributed by atoms with Crippen molar-refractivity contribution in [2.75, 3.05) is 24.7 Å². The van der Waals surface area contributed by atoms with Crippen LogP contribution in [0.4, 0.5) is 5.82 Å². The molecular weight excluding hydrogens is 202 g/mol. The van der Waals surface area contributed by atoms with Crippen LogP contribution in [0.15, 0.2) is 12.3 Å². The summed E-state index contributed by atoms with van der Waals surface area (Å²) in [5.41, 5.74) is 8.17. The average Bonchev–Trinajstić information content (AvgIpc) is 2.29. The van der Waals surface area contributed by atoms with Crippen molar-refractivity contribution in [1.82, 2.24) is 4.98 Å². The molecule has 1 aliphatic heterocycles. The van der Waals surface area contributed by atoms with Crippen LogP contribution in [-0.2, 0) is 11.3 Å². The van der Waals surface area contributed by atoms with Crippen LogP contribution in [0.1, 0.15) is 18.1 Å². The van der Waals surface area contributed by atoms with Crippen molar-refractivity contribution in [2.24, 2.45) is 5.73 Å². The Morgan fingerprint density at radius 3 is 3.12 bits per heavy atom. The molecule has 88 valence electrons. The fourth-order valence-corrected chi connectivity index (χ4v) is 2.12. The molecule has 4 nitrogen and oxygen atoms in total. The second-order valence-electron chi connectivity index (χ2n) is 4.25. The Morgan fingerprint density at radius 1 is 1.62 bits per heavy atom. The average molecular weight is 221 g/mol. The molecule has 0 aliphatic carbocycles. The van der Waals surface area contributed by atoms with Gasteiger partial charge in [-0.25, -0.2) is 4.98 Å². The monoisotopic (exact) mass is 221 g/mol. The number of aromatic nitrogens is 1. The molecule has 0 amide bonds. The van der Waals surface area contributed by atoms with Gasteiger partial charge in [-0.3, -0.25) is 0 Å². The lowest BCUT2D eigenvalue weighted by atomic mass is 10.1. The van der Waals surface area contributed by atoms with E-state index in [9.17, 15) is 0 Å². The Bertz CT molecular complexity index is 367. The van der Waals surface area contributed by atoms with E-state index in [0.29, 0.717) is 12.6 Å². The van der Waals surface area contributed by atoms with Gasteiger partial charge in [0.2, 0.25) is 0 Å². The maximum atomic E-state index is 5.81. The molecule has 0 aromatic carbocycles. The lowest BCUT2D eigenvalue weighted by Crippen LogP contribution is -2.44. The molecule has 2 N–H and O–H groups in total. The highest BCUT2D eigenvalue weighted by atomic mass is 16.5. The van der Waals surface area contributed by atoms with E-state index in [4.69, 9.17) is 10.5 Å². The highest BCUT2D eigenvalue weighted by molar-refractivity contribution is 5.51. The Balaban J connectivity index is 2.34. The maximum Gasteiger partial charge on any atom is 0.133 e. The van der Waals surface area contributed by atoms with Gasteiger partial charge in [-0.15, -0.1) is 0 Å². The molecular formula is C12H19N3O. The van der Waals surface area contributed by atoms with Gasteiger partial charge >= 0.3 is 0 Å². The summed E-state index contributed by atoms with van der Waals surface area (Å²) >= 11 is 0. The number of aryl methyl sites for hydroxylation is 1. The van der Waals surface area contributed by atoms with Crippen LogP contribution in [0, 0.1) is 6.92 Å². The quantitative estimate of drug-likeness (QED) is 0.811. The van der Waals surface area contributed by atoms with Gasteiger partial charge in [0.15, 0.2) is 0 Å². The zero-order chi connectivity index (χ0) is 11.5. The Kier molecular flexibility index (Phi) is 3.41. The number of hydrogen-bond acceptors (Lipinski definition) is 4. The summed E-state index contributed by atoms with van der Waals surface area (Å²) in [6, 6.07) is 2.38. The fraction of sp³-hybridized carbons (Fsp3) is 0.583. The zero-order valence-electron chi connectivity index (χ0n) is 9.94. The predicted octanol–water partition coefficient (Wildman–Crippen LogP) is 1.07. The SMILES string of the molecule is Cc1ccnc(N2CCOCC2C)c1CN. The number of pyridine rings is 1. The standard InChI is InChI=1S/C12H19N3O/c1-9-3-4-14-12(11(9)7-13)15-5-6-16-8-10(15)2/h3-4,10H,5-8,13H2,1-2H3. The number of anilines is 1. The van der Waals surface area contributed by atoms with E-state index in [-0.39, 0.29) is 0 Å². The van der Waals surface area contributed by atoms with Gasteiger partial charge in [0.25, 0.3) is 0 Å². The molecule has 1 aromatic heterocycles. The zero-order valence-corrected chi connectivity index (χ0v) is 9.94. The first-order chi connectivity index (χ1) is 7.74. The minimum Gasteiger partial charge on any atom is -0.377 e. The highest BCUT2D eigenvalue weighted by Crippen LogP contribution is 2.23. The summed E-state index contributed by atoms with van der Waals surface area (Å²) in [5, 5.41) is 0. The summed E-state index contributed by atoms with van der Waals surface area (Å²) < 4.78 is 5.44. The van der Waals surface area contributed by atoms with E-state index < -0.39 is 0 Å². The molecule has 2 heterocycles. The molecule has 0 saturated carbocycles. The van der Waals surface area contributed by atoms with Crippen molar-refractivity contribution in [3.8, 4) is 0 Å². The van der Waals surface area contributed by atoms with Crippen molar-refractivity contribution >= 4 is 5.82 Å². The minimum absolute atomic E-state index is 0.369. The first-order valence-corrected chi connectivity index (χ1v) is 5.73. The number of hydrogen-bond donors (Lipinski definition) is 1. The highest BCUT2D eigenvalue weighted by Gasteiger charge is 2.22. The van der Waals surface area contributed by atoms with Crippen molar-refractivity contribution in [2.45, 2.75) is 26.4 Å². The van der Waals surface area contributed by atoms with Crippen LogP contribution in [0.2, 0.25) is 0 Å². The smallest absolute Gasteiger partial charge is 0.133 e. The Hall–Kier alpha value is -1.13. The molecule has 1 fully saturated rings. The molecule has 0 radical (unpaired) electrons. The summed E-state index contributed by atoms with van der Waals surface area (Å²) in [7, 11) is 0.